The molecule has 0 amide bonds. The molecule has 0 radical (unpaired) electrons. The number of rotatable bonds is 7. The van der Waals surface area contributed by atoms with Crippen molar-refractivity contribution in [3.8, 4) is 11.8 Å². The van der Waals surface area contributed by atoms with E-state index in [2.05, 4.69) is 6.07 Å². The number of nitriles is 1. The van der Waals surface area contributed by atoms with Gasteiger partial charge in [-0.1, -0.05) is 0 Å². The summed E-state index contributed by atoms with van der Waals surface area (Å²) in [5.74, 6) is -2.46. The predicted molar refractivity (Wildman–Crippen MR) is 71.8 cm³/mol. The van der Waals surface area contributed by atoms with E-state index in [1.807, 2.05) is 13.8 Å². The number of hydrogen-bond acceptors (Lipinski definition) is 4. The van der Waals surface area contributed by atoms with Crippen LogP contribution >= 0.6 is 0 Å². The van der Waals surface area contributed by atoms with Gasteiger partial charge in [-0.25, -0.2) is 4.39 Å². The Morgan fingerprint density at radius 3 is 2.57 bits per heavy atom. The van der Waals surface area contributed by atoms with E-state index in [1.54, 1.807) is 0 Å². The van der Waals surface area contributed by atoms with Crippen LogP contribution in [-0.4, -0.2) is 11.5 Å². The highest BCUT2D eigenvalue weighted by Crippen LogP contribution is 2.27. The van der Waals surface area contributed by atoms with Crippen LogP contribution in [-0.2, 0) is 0 Å². The monoisotopic (exact) mass is 298 g/mol. The van der Waals surface area contributed by atoms with E-state index in [4.69, 9.17) is 10.00 Å². The molecule has 0 fully saturated rings. The van der Waals surface area contributed by atoms with E-state index >= 15 is 0 Å². The number of unbranched alkanes of at least 4 members (excludes halogenated alkanes) is 1. The molecule has 0 saturated heterocycles. The highest BCUT2D eigenvalue weighted by atomic mass is 19.1. The molecular weight excluding hydrogens is 282 g/mol. The predicted octanol–water partition coefficient (Wildman–Crippen LogP) is 3.97. The van der Waals surface area contributed by atoms with Crippen molar-refractivity contribution in [3.63, 3.8) is 0 Å². The zero-order valence-electron chi connectivity index (χ0n) is 11.9. The third kappa shape index (κ3) is 4.99. The van der Waals surface area contributed by atoms with Gasteiger partial charge >= 0.3 is 5.69 Å². The minimum atomic E-state index is -1.14. The summed E-state index contributed by atoms with van der Waals surface area (Å²) in [6.45, 7) is 3.79. The SMILES string of the molecule is CC(C)(C#N)CCCCOc1cc(F)c([N+](=O)[O-])cc1F. The van der Waals surface area contributed by atoms with Crippen LogP contribution in [0.4, 0.5) is 14.5 Å². The van der Waals surface area contributed by atoms with Crippen LogP contribution < -0.4 is 4.74 Å². The molecule has 1 rings (SSSR count). The molecule has 0 spiro atoms. The molecule has 21 heavy (non-hydrogen) atoms. The molecule has 0 unspecified atom stereocenters. The van der Waals surface area contributed by atoms with Crippen LogP contribution in [0.5, 0.6) is 5.75 Å². The maximum atomic E-state index is 13.5. The topological polar surface area (TPSA) is 76.2 Å². The summed E-state index contributed by atoms with van der Waals surface area (Å²) in [5.41, 5.74) is -1.35. The normalized spacial score (nSPS) is 11.0. The number of halogens is 2. The Balaban J connectivity index is 2.52. The Labute approximate surface area is 121 Å². The summed E-state index contributed by atoms with van der Waals surface area (Å²) in [7, 11) is 0. The largest absolute Gasteiger partial charge is 0.490 e. The maximum Gasteiger partial charge on any atom is 0.307 e. The fourth-order valence-corrected chi connectivity index (χ4v) is 1.68. The fraction of sp³-hybridized carbons (Fsp3) is 0.500. The van der Waals surface area contributed by atoms with Crippen molar-refractivity contribution in [2.24, 2.45) is 5.41 Å². The molecule has 0 atom stereocenters. The molecular formula is C14H16F2N2O3. The lowest BCUT2D eigenvalue weighted by molar-refractivity contribution is -0.387. The van der Waals surface area contributed by atoms with Crippen LogP contribution in [0.25, 0.3) is 0 Å². The number of hydrogen-bond donors (Lipinski definition) is 0. The van der Waals surface area contributed by atoms with Gasteiger partial charge in [-0.05, 0) is 33.1 Å². The molecule has 114 valence electrons. The van der Waals surface area contributed by atoms with Gasteiger partial charge < -0.3 is 4.74 Å². The average molecular weight is 298 g/mol. The van der Waals surface area contributed by atoms with Gasteiger partial charge in [-0.2, -0.15) is 9.65 Å². The van der Waals surface area contributed by atoms with Crippen LogP contribution in [0.1, 0.15) is 33.1 Å². The summed E-state index contributed by atoms with van der Waals surface area (Å²) in [4.78, 5) is 9.44. The first kappa shape index (κ1) is 16.8. The molecule has 0 aliphatic carbocycles. The minimum Gasteiger partial charge on any atom is -0.490 e. The van der Waals surface area contributed by atoms with Gasteiger partial charge in [0.25, 0.3) is 0 Å². The summed E-state index contributed by atoms with van der Waals surface area (Å²) >= 11 is 0. The standard InChI is InChI=1S/C14H16F2N2O3/c1-14(2,9-17)5-3-4-6-21-13-8-10(15)12(18(19)20)7-11(13)16/h7-8H,3-6H2,1-2H3. The number of ether oxygens (including phenoxy) is 1. The van der Waals surface area contributed by atoms with Gasteiger partial charge in [-0.3, -0.25) is 10.1 Å². The third-order valence-electron chi connectivity index (χ3n) is 2.95. The molecule has 0 aliphatic heterocycles. The van der Waals surface area contributed by atoms with Gasteiger partial charge in [0.2, 0.25) is 5.82 Å². The molecule has 7 heteroatoms. The van der Waals surface area contributed by atoms with Gasteiger partial charge in [0.05, 0.1) is 29.1 Å². The first-order valence-corrected chi connectivity index (χ1v) is 6.44. The van der Waals surface area contributed by atoms with Crippen molar-refractivity contribution in [3.05, 3.63) is 33.9 Å². The van der Waals surface area contributed by atoms with E-state index in [-0.39, 0.29) is 12.4 Å². The van der Waals surface area contributed by atoms with Crippen molar-refractivity contribution in [2.75, 3.05) is 6.61 Å². The Morgan fingerprint density at radius 2 is 2.00 bits per heavy atom. The van der Waals surface area contributed by atoms with Gasteiger partial charge in [0, 0.05) is 6.07 Å². The first-order chi connectivity index (χ1) is 9.76. The second-order valence-corrected chi connectivity index (χ2v) is 5.29. The summed E-state index contributed by atoms with van der Waals surface area (Å²) in [6.07, 6.45) is 1.95. The highest BCUT2D eigenvalue weighted by Gasteiger charge is 2.19. The number of nitro benzene ring substituents is 1. The Bertz CT molecular complexity index is 568. The van der Waals surface area contributed by atoms with Crippen LogP contribution in [0.3, 0.4) is 0 Å². The highest BCUT2D eigenvalue weighted by molar-refractivity contribution is 5.39. The van der Waals surface area contributed by atoms with E-state index in [1.165, 1.54) is 0 Å². The third-order valence-corrected chi connectivity index (χ3v) is 2.95. The molecule has 0 saturated carbocycles. The van der Waals surface area contributed by atoms with E-state index in [0.29, 0.717) is 31.4 Å². The maximum absolute atomic E-state index is 13.5. The van der Waals surface area contributed by atoms with Crippen molar-refractivity contribution in [1.29, 1.82) is 5.26 Å². The number of benzene rings is 1. The van der Waals surface area contributed by atoms with Crippen LogP contribution in [0, 0.1) is 38.5 Å². The molecule has 1 aromatic rings. The molecule has 0 aliphatic rings. The van der Waals surface area contributed by atoms with Crippen LogP contribution in [0.15, 0.2) is 12.1 Å². The lowest BCUT2D eigenvalue weighted by Crippen LogP contribution is -2.08. The summed E-state index contributed by atoms with van der Waals surface area (Å²) < 4.78 is 31.9. The Kier molecular flexibility index (Phi) is 5.59. The second-order valence-electron chi connectivity index (χ2n) is 5.29. The van der Waals surface area contributed by atoms with Crippen molar-refractivity contribution >= 4 is 5.69 Å². The lowest BCUT2D eigenvalue weighted by atomic mass is 9.89. The molecule has 0 bridgehead atoms. The zero-order chi connectivity index (χ0) is 16.0. The lowest BCUT2D eigenvalue weighted by Gasteiger charge is -2.14. The second kappa shape index (κ2) is 6.97. The van der Waals surface area contributed by atoms with Gasteiger partial charge in [-0.15, -0.1) is 0 Å². The van der Waals surface area contributed by atoms with Gasteiger partial charge in [0.15, 0.2) is 11.6 Å². The van der Waals surface area contributed by atoms with Crippen molar-refractivity contribution < 1.29 is 18.4 Å². The minimum absolute atomic E-state index is 0.148. The van der Waals surface area contributed by atoms with E-state index in [9.17, 15) is 18.9 Å². The quantitative estimate of drug-likeness (QED) is 0.433. The van der Waals surface area contributed by atoms with Crippen LogP contribution in [0.2, 0.25) is 0 Å². The van der Waals surface area contributed by atoms with Gasteiger partial charge in [0.1, 0.15) is 0 Å². The smallest absolute Gasteiger partial charge is 0.307 e. The number of nitro groups is 1. The average Bonchev–Trinajstić information content (AvgIpc) is 2.41. The Hall–Kier alpha value is -2.23. The number of nitrogens with zero attached hydrogens (tertiary/aromatic N) is 2. The molecule has 5 nitrogen and oxygen atoms in total. The molecule has 0 N–H and O–H groups in total. The summed E-state index contributed by atoms with van der Waals surface area (Å²) in [5, 5.41) is 19.3. The van der Waals surface area contributed by atoms with E-state index in [0.717, 1.165) is 0 Å². The van der Waals surface area contributed by atoms with E-state index < -0.39 is 27.7 Å². The van der Waals surface area contributed by atoms with Crippen molar-refractivity contribution in [1.82, 2.24) is 0 Å². The van der Waals surface area contributed by atoms with Crippen molar-refractivity contribution in [2.45, 2.75) is 33.1 Å². The summed E-state index contributed by atoms with van der Waals surface area (Å²) in [6, 6.07) is 3.35. The fourth-order valence-electron chi connectivity index (χ4n) is 1.68. The molecule has 0 aromatic heterocycles. The molecule has 0 heterocycles. The Morgan fingerprint density at radius 1 is 1.33 bits per heavy atom. The molecule has 1 aromatic carbocycles. The zero-order valence-corrected chi connectivity index (χ0v) is 11.9. The first-order valence-electron chi connectivity index (χ1n) is 6.44.